The van der Waals surface area contributed by atoms with Crippen LogP contribution in [0, 0.1) is 22.7 Å². The van der Waals surface area contributed by atoms with Crippen LogP contribution < -0.4 is 5.63 Å². The topological polar surface area (TPSA) is 134 Å². The molecule has 4 saturated carbocycles. The average Bonchev–Trinajstić information content (AvgIpc) is 3.05. The Morgan fingerprint density at radius 3 is 2.47 bits per heavy atom. The van der Waals surface area contributed by atoms with Crippen LogP contribution in [0.3, 0.4) is 0 Å². The third-order valence-electron chi connectivity index (χ3n) is 10.3. The van der Waals surface area contributed by atoms with Crippen LogP contribution >= 0.6 is 0 Å². The Morgan fingerprint density at radius 1 is 1.09 bits per heavy atom. The molecule has 1 aromatic rings. The molecule has 8 heteroatoms. The van der Waals surface area contributed by atoms with Gasteiger partial charge in [0, 0.05) is 36.2 Å². The number of hydrogen-bond donors (Lipinski definition) is 3. The number of aliphatic hydroxyl groups is 3. The lowest BCUT2D eigenvalue weighted by Crippen LogP contribution is -2.73. The monoisotopic (exact) mass is 474 g/mol. The highest BCUT2D eigenvalue weighted by Gasteiger charge is 2.75. The third kappa shape index (κ3) is 2.91. The minimum atomic E-state index is -1.43. The summed E-state index contributed by atoms with van der Waals surface area (Å²) in [5.74, 6) is -2.20. The molecule has 0 radical (unpaired) electrons. The van der Waals surface area contributed by atoms with Crippen molar-refractivity contribution < 1.29 is 34.1 Å². The number of carbonyl (C=O) groups excluding carboxylic acids is 2. The maximum Gasteiger partial charge on any atom is 0.335 e. The summed E-state index contributed by atoms with van der Waals surface area (Å²) in [4.78, 5) is 36.9. The normalized spacial score (nSPS) is 47.9. The van der Waals surface area contributed by atoms with E-state index in [1.807, 2.05) is 6.92 Å². The van der Waals surface area contributed by atoms with E-state index in [9.17, 15) is 29.7 Å². The van der Waals surface area contributed by atoms with Gasteiger partial charge >= 0.3 is 11.6 Å². The summed E-state index contributed by atoms with van der Waals surface area (Å²) >= 11 is 0. The number of fused-ring (bicyclic) bond motifs is 5. The molecule has 34 heavy (non-hydrogen) atoms. The van der Waals surface area contributed by atoms with Crippen molar-refractivity contribution in [1.29, 1.82) is 0 Å². The first-order chi connectivity index (χ1) is 15.9. The lowest BCUT2D eigenvalue weighted by Gasteiger charge is -2.66. The largest absolute Gasteiger partial charge is 0.462 e. The number of hydrogen-bond acceptors (Lipinski definition) is 8. The number of aliphatic hydroxyl groups excluding tert-OH is 1. The van der Waals surface area contributed by atoms with Crippen molar-refractivity contribution in [3.8, 4) is 0 Å². The molecule has 9 atom stereocenters. The number of ketones is 1. The highest BCUT2D eigenvalue weighted by Crippen LogP contribution is 2.70. The molecule has 4 aliphatic carbocycles. The lowest BCUT2D eigenvalue weighted by atomic mass is 9.41. The van der Waals surface area contributed by atoms with Gasteiger partial charge in [0.2, 0.25) is 0 Å². The van der Waals surface area contributed by atoms with E-state index in [-0.39, 0.29) is 18.1 Å². The second-order valence-electron chi connectivity index (χ2n) is 11.5. The molecule has 8 nitrogen and oxygen atoms in total. The summed E-state index contributed by atoms with van der Waals surface area (Å²) in [5.41, 5.74) is -4.34. The van der Waals surface area contributed by atoms with Gasteiger partial charge in [-0.25, -0.2) is 4.79 Å². The molecular formula is C26H34O8. The molecule has 1 heterocycles. The summed E-state index contributed by atoms with van der Waals surface area (Å²) in [7, 11) is 0. The highest BCUT2D eigenvalue weighted by molar-refractivity contribution is 5.89. The van der Waals surface area contributed by atoms with E-state index in [1.54, 1.807) is 13.0 Å². The Kier molecular flexibility index (Phi) is 5.22. The van der Waals surface area contributed by atoms with Crippen molar-refractivity contribution in [3.63, 3.8) is 0 Å². The van der Waals surface area contributed by atoms with Gasteiger partial charge in [-0.2, -0.15) is 0 Å². The van der Waals surface area contributed by atoms with E-state index in [0.717, 1.165) is 0 Å². The molecule has 4 aliphatic rings. The summed E-state index contributed by atoms with van der Waals surface area (Å²) in [6, 6.07) is 2.97. The van der Waals surface area contributed by atoms with Gasteiger partial charge in [-0.1, -0.05) is 13.8 Å². The fourth-order valence-electron chi connectivity index (χ4n) is 8.40. The molecule has 186 valence electrons. The summed E-state index contributed by atoms with van der Waals surface area (Å²) in [5, 5.41) is 35.5. The Balaban J connectivity index is 1.53. The van der Waals surface area contributed by atoms with E-state index in [2.05, 4.69) is 0 Å². The van der Waals surface area contributed by atoms with Crippen LogP contribution in [0.15, 0.2) is 27.6 Å². The molecule has 1 aromatic heterocycles. The molecule has 0 aromatic carbocycles. The lowest BCUT2D eigenvalue weighted by molar-refractivity contribution is -0.261. The van der Waals surface area contributed by atoms with Gasteiger partial charge in [0.25, 0.3) is 0 Å². The van der Waals surface area contributed by atoms with Crippen molar-refractivity contribution in [2.75, 3.05) is 0 Å². The van der Waals surface area contributed by atoms with E-state index in [4.69, 9.17) is 9.15 Å². The van der Waals surface area contributed by atoms with E-state index >= 15 is 0 Å². The van der Waals surface area contributed by atoms with Crippen LogP contribution in [0.4, 0.5) is 0 Å². The molecule has 4 fully saturated rings. The van der Waals surface area contributed by atoms with Crippen molar-refractivity contribution in [2.45, 2.75) is 95.0 Å². The first-order valence-corrected chi connectivity index (χ1v) is 12.3. The highest BCUT2D eigenvalue weighted by atomic mass is 16.5. The minimum absolute atomic E-state index is 0.247. The number of esters is 1. The molecule has 3 N–H and O–H groups in total. The van der Waals surface area contributed by atoms with E-state index in [0.29, 0.717) is 44.1 Å². The molecule has 9 unspecified atom stereocenters. The zero-order valence-corrected chi connectivity index (χ0v) is 20.0. The van der Waals surface area contributed by atoms with E-state index in [1.165, 1.54) is 19.3 Å². The van der Waals surface area contributed by atoms with Gasteiger partial charge < -0.3 is 24.5 Å². The van der Waals surface area contributed by atoms with Crippen molar-refractivity contribution >= 4 is 11.8 Å². The smallest absolute Gasteiger partial charge is 0.335 e. The maximum atomic E-state index is 13.9. The van der Waals surface area contributed by atoms with Gasteiger partial charge in [-0.3, -0.25) is 9.59 Å². The van der Waals surface area contributed by atoms with Crippen LogP contribution in [0.1, 0.15) is 77.2 Å². The second-order valence-corrected chi connectivity index (χ2v) is 11.5. The fraction of sp³-hybridized carbons (Fsp3) is 0.731. The number of Topliss-reactive ketones (excluding diaryl/α,β-unsaturated/α-hetero) is 1. The van der Waals surface area contributed by atoms with Crippen molar-refractivity contribution in [1.82, 2.24) is 0 Å². The average molecular weight is 475 g/mol. The standard InChI is InChI=1S/C26H34O8/c1-14(27)34-16-6-9-23(2)20-18(7-10-25(23,31)12-16)26(32)11-8-17(15-4-5-19(28)33-13-15)24(26,3)22(30)21(20)29/h4-5,13,16-18,20,22,30-32H,6-12H2,1-3H3. The summed E-state index contributed by atoms with van der Waals surface area (Å²) in [6.07, 6.45) is 2.53. The van der Waals surface area contributed by atoms with Crippen molar-refractivity contribution in [3.05, 3.63) is 34.4 Å². The third-order valence-corrected chi connectivity index (χ3v) is 10.3. The quantitative estimate of drug-likeness (QED) is 0.555. The zero-order chi connectivity index (χ0) is 24.7. The van der Waals surface area contributed by atoms with E-state index < -0.39 is 57.7 Å². The maximum absolute atomic E-state index is 13.9. The summed E-state index contributed by atoms with van der Waals surface area (Å²) in [6.45, 7) is 5.01. The number of rotatable bonds is 2. The van der Waals surface area contributed by atoms with Gasteiger partial charge in [0.05, 0.1) is 17.5 Å². The molecule has 0 amide bonds. The van der Waals surface area contributed by atoms with Crippen LogP contribution in [0.2, 0.25) is 0 Å². The molecule has 0 saturated heterocycles. The molecule has 0 spiro atoms. The van der Waals surface area contributed by atoms with Gasteiger partial charge in [-0.15, -0.1) is 0 Å². The first-order valence-electron chi connectivity index (χ1n) is 12.3. The Morgan fingerprint density at radius 2 is 1.82 bits per heavy atom. The van der Waals surface area contributed by atoms with Crippen LogP contribution in [-0.2, 0) is 14.3 Å². The Hall–Kier alpha value is -2.03. The van der Waals surface area contributed by atoms with Crippen LogP contribution in [-0.4, -0.2) is 50.5 Å². The first kappa shape index (κ1) is 23.7. The molecule has 0 bridgehead atoms. The second kappa shape index (κ2) is 7.48. The minimum Gasteiger partial charge on any atom is -0.462 e. The van der Waals surface area contributed by atoms with Gasteiger partial charge in [-0.05, 0) is 62.0 Å². The van der Waals surface area contributed by atoms with Crippen LogP contribution in [0.25, 0.3) is 0 Å². The predicted molar refractivity (Wildman–Crippen MR) is 120 cm³/mol. The number of ether oxygens (including phenoxy) is 1. The number of carbonyl (C=O) groups is 2. The SMILES string of the molecule is CC(=O)OC1CCC2(C)C3C(=O)C(O)C4(C)C(c5ccc(=O)oc5)CCC4(O)C3CCC2(O)C1. The Bertz CT molecular complexity index is 1060. The predicted octanol–water partition coefficient (Wildman–Crippen LogP) is 2.08. The van der Waals surface area contributed by atoms with Gasteiger partial charge in [0.1, 0.15) is 12.2 Å². The molecular weight excluding hydrogens is 440 g/mol. The Labute approximate surface area is 198 Å². The van der Waals surface area contributed by atoms with Gasteiger partial charge in [0.15, 0.2) is 5.78 Å². The zero-order valence-electron chi connectivity index (χ0n) is 20.0. The fourth-order valence-corrected chi connectivity index (χ4v) is 8.40. The molecule has 5 rings (SSSR count). The molecule has 0 aliphatic heterocycles. The van der Waals surface area contributed by atoms with Crippen molar-refractivity contribution in [2.24, 2.45) is 22.7 Å². The summed E-state index contributed by atoms with van der Waals surface area (Å²) < 4.78 is 10.5. The van der Waals surface area contributed by atoms with Crippen LogP contribution in [0.5, 0.6) is 0 Å².